The normalized spacial score (nSPS) is 12.1. The highest BCUT2D eigenvalue weighted by atomic mass is 19.4. The largest absolute Gasteiger partial charge is 0.435 e. The molecule has 0 saturated heterocycles. The fourth-order valence-corrected chi connectivity index (χ4v) is 2.45. The zero-order chi connectivity index (χ0) is 21.4. The van der Waals surface area contributed by atoms with Crippen molar-refractivity contribution in [1.29, 1.82) is 0 Å². The summed E-state index contributed by atoms with van der Waals surface area (Å²) in [6.45, 7) is 0. The highest BCUT2D eigenvalue weighted by Gasteiger charge is 2.42. The van der Waals surface area contributed by atoms with Gasteiger partial charge < -0.3 is 5.32 Å². The van der Waals surface area contributed by atoms with Gasteiger partial charge in [-0.25, -0.2) is 9.07 Å². The van der Waals surface area contributed by atoms with Crippen LogP contribution in [0.5, 0.6) is 0 Å². The molecule has 0 radical (unpaired) electrons. The molecule has 3 rings (SSSR count). The van der Waals surface area contributed by atoms with Gasteiger partial charge in [0.25, 0.3) is 5.91 Å². The molecule has 0 saturated carbocycles. The molecule has 4 nitrogen and oxygen atoms in total. The number of nitrogens with zero attached hydrogens (tertiary/aromatic N) is 2. The lowest BCUT2D eigenvalue weighted by atomic mass is 10.2. The average molecular weight is 417 g/mol. The van der Waals surface area contributed by atoms with Crippen LogP contribution in [0, 0.1) is 5.82 Å². The van der Waals surface area contributed by atoms with Crippen LogP contribution in [0.25, 0.3) is 5.69 Å². The number of aromatic nitrogens is 2. The minimum Gasteiger partial charge on any atom is -0.322 e. The van der Waals surface area contributed by atoms with Crippen LogP contribution in [0.4, 0.5) is 36.4 Å². The van der Waals surface area contributed by atoms with E-state index in [0.717, 1.165) is 30.3 Å². The molecule has 3 aromatic rings. The SMILES string of the molecule is O=C(Nc1ccc(-n2nc(C(F)(F)F)cc2C(F)(F)F)cc1)c1ccccc1F. The number of carbonyl (C=O) groups excluding carboxylic acids is 1. The number of benzene rings is 2. The highest BCUT2D eigenvalue weighted by Crippen LogP contribution is 2.36. The van der Waals surface area contributed by atoms with Crippen LogP contribution in [-0.2, 0) is 12.4 Å². The summed E-state index contributed by atoms with van der Waals surface area (Å²) in [5.74, 6) is -1.57. The van der Waals surface area contributed by atoms with Crippen LogP contribution < -0.4 is 5.32 Å². The number of alkyl halides is 6. The quantitative estimate of drug-likeness (QED) is 0.588. The summed E-state index contributed by atoms with van der Waals surface area (Å²) >= 11 is 0. The van der Waals surface area contributed by atoms with Gasteiger partial charge in [0.15, 0.2) is 5.69 Å². The van der Waals surface area contributed by atoms with Gasteiger partial charge in [0.05, 0.1) is 11.3 Å². The van der Waals surface area contributed by atoms with Crippen molar-refractivity contribution < 1.29 is 35.5 Å². The number of hydrogen-bond acceptors (Lipinski definition) is 2. The molecule has 1 heterocycles. The number of anilines is 1. The molecule has 1 N–H and O–H groups in total. The number of halogens is 7. The third-order valence-corrected chi connectivity index (χ3v) is 3.78. The number of hydrogen-bond donors (Lipinski definition) is 1. The minimum absolute atomic E-state index is 0.0894. The Kier molecular flexibility index (Phi) is 5.07. The van der Waals surface area contributed by atoms with Crippen molar-refractivity contribution in [3.63, 3.8) is 0 Å². The maximum Gasteiger partial charge on any atom is 0.435 e. The Bertz CT molecular complexity index is 1040. The summed E-state index contributed by atoms with van der Waals surface area (Å²) in [5, 5.41) is 5.34. The summed E-state index contributed by atoms with van der Waals surface area (Å²) in [7, 11) is 0. The van der Waals surface area contributed by atoms with Gasteiger partial charge in [0.2, 0.25) is 0 Å². The molecular formula is C18H10F7N3O. The maximum atomic E-state index is 13.6. The van der Waals surface area contributed by atoms with E-state index in [4.69, 9.17) is 0 Å². The Balaban J connectivity index is 1.90. The monoisotopic (exact) mass is 417 g/mol. The molecular weight excluding hydrogens is 407 g/mol. The van der Waals surface area contributed by atoms with Crippen molar-refractivity contribution >= 4 is 11.6 Å². The molecule has 0 spiro atoms. The van der Waals surface area contributed by atoms with E-state index >= 15 is 0 Å². The predicted molar refractivity (Wildman–Crippen MR) is 87.9 cm³/mol. The second kappa shape index (κ2) is 7.22. The zero-order valence-corrected chi connectivity index (χ0v) is 14.1. The Morgan fingerprint density at radius 2 is 1.52 bits per heavy atom. The van der Waals surface area contributed by atoms with E-state index in [1.165, 1.54) is 18.2 Å². The highest BCUT2D eigenvalue weighted by molar-refractivity contribution is 6.04. The molecule has 1 amide bonds. The molecule has 152 valence electrons. The molecule has 0 aliphatic carbocycles. The van der Waals surface area contributed by atoms with Crippen molar-refractivity contribution in [3.8, 4) is 5.69 Å². The molecule has 1 aromatic heterocycles. The van der Waals surface area contributed by atoms with Crippen LogP contribution in [0.1, 0.15) is 21.7 Å². The number of nitrogens with one attached hydrogen (secondary N) is 1. The molecule has 0 aliphatic heterocycles. The molecule has 0 unspecified atom stereocenters. The van der Waals surface area contributed by atoms with E-state index in [-0.39, 0.29) is 27.7 Å². The van der Waals surface area contributed by atoms with E-state index in [9.17, 15) is 35.5 Å². The number of amides is 1. The van der Waals surface area contributed by atoms with Gasteiger partial charge in [-0.1, -0.05) is 12.1 Å². The van der Waals surface area contributed by atoms with Crippen LogP contribution in [0.3, 0.4) is 0 Å². The third-order valence-electron chi connectivity index (χ3n) is 3.78. The smallest absolute Gasteiger partial charge is 0.322 e. The molecule has 0 fully saturated rings. The second-order valence-corrected chi connectivity index (χ2v) is 5.80. The molecule has 29 heavy (non-hydrogen) atoms. The van der Waals surface area contributed by atoms with Crippen LogP contribution >= 0.6 is 0 Å². The first-order valence-corrected chi connectivity index (χ1v) is 7.87. The van der Waals surface area contributed by atoms with E-state index < -0.39 is 35.5 Å². The lowest BCUT2D eigenvalue weighted by molar-refractivity contribution is -0.143. The standard InChI is InChI=1S/C18H10F7N3O/c19-13-4-2-1-3-12(13)16(29)26-10-5-7-11(8-6-10)28-15(18(23,24)25)9-14(27-28)17(20,21)22/h1-9H,(H,26,29). The minimum atomic E-state index is -5.08. The third kappa shape index (κ3) is 4.39. The first kappa shape index (κ1) is 20.4. The molecule has 0 atom stereocenters. The van der Waals surface area contributed by atoms with E-state index in [1.807, 2.05) is 0 Å². The van der Waals surface area contributed by atoms with Gasteiger partial charge in [-0.3, -0.25) is 4.79 Å². The summed E-state index contributed by atoms with van der Waals surface area (Å²) in [4.78, 5) is 12.0. The van der Waals surface area contributed by atoms with Gasteiger partial charge in [-0.05, 0) is 36.4 Å². The van der Waals surface area contributed by atoms with Crippen molar-refractivity contribution in [2.75, 3.05) is 5.32 Å². The maximum absolute atomic E-state index is 13.6. The van der Waals surface area contributed by atoms with Gasteiger partial charge in [0, 0.05) is 11.8 Å². The second-order valence-electron chi connectivity index (χ2n) is 5.80. The predicted octanol–water partition coefficient (Wildman–Crippen LogP) is 5.30. The summed E-state index contributed by atoms with van der Waals surface area (Å²) in [5.41, 5.74) is -3.76. The summed E-state index contributed by atoms with van der Waals surface area (Å²) in [6, 6.07) is 9.44. The van der Waals surface area contributed by atoms with Gasteiger partial charge in [-0.15, -0.1) is 0 Å². The topological polar surface area (TPSA) is 46.9 Å². The lowest BCUT2D eigenvalue weighted by Crippen LogP contribution is -2.15. The Morgan fingerprint density at radius 3 is 2.07 bits per heavy atom. The lowest BCUT2D eigenvalue weighted by Gasteiger charge is -2.11. The van der Waals surface area contributed by atoms with E-state index in [0.29, 0.717) is 0 Å². The van der Waals surface area contributed by atoms with E-state index in [2.05, 4.69) is 10.4 Å². The molecule has 11 heteroatoms. The Hall–Kier alpha value is -3.37. The fourth-order valence-electron chi connectivity index (χ4n) is 2.45. The van der Waals surface area contributed by atoms with Gasteiger partial charge in [-0.2, -0.15) is 31.4 Å². The Labute approximate surface area is 158 Å². The molecule has 0 bridgehead atoms. The molecule has 0 aliphatic rings. The molecule has 2 aromatic carbocycles. The van der Waals surface area contributed by atoms with Gasteiger partial charge in [0.1, 0.15) is 11.5 Å². The van der Waals surface area contributed by atoms with Crippen molar-refractivity contribution in [2.45, 2.75) is 12.4 Å². The first-order valence-electron chi connectivity index (χ1n) is 7.87. The first-order chi connectivity index (χ1) is 13.5. The van der Waals surface area contributed by atoms with Crippen LogP contribution in [0.15, 0.2) is 54.6 Å². The average Bonchev–Trinajstić information content (AvgIpc) is 3.09. The van der Waals surface area contributed by atoms with Gasteiger partial charge >= 0.3 is 12.4 Å². The van der Waals surface area contributed by atoms with Crippen LogP contribution in [-0.4, -0.2) is 15.7 Å². The summed E-state index contributed by atoms with van der Waals surface area (Å²) < 4.78 is 91.3. The summed E-state index contributed by atoms with van der Waals surface area (Å²) in [6.07, 6.45) is -10.1. The van der Waals surface area contributed by atoms with Crippen molar-refractivity contribution in [1.82, 2.24) is 9.78 Å². The van der Waals surface area contributed by atoms with Crippen molar-refractivity contribution in [2.24, 2.45) is 0 Å². The fraction of sp³-hybridized carbons (Fsp3) is 0.111. The van der Waals surface area contributed by atoms with Crippen LogP contribution in [0.2, 0.25) is 0 Å². The Morgan fingerprint density at radius 1 is 0.897 bits per heavy atom. The number of rotatable bonds is 3. The zero-order valence-electron chi connectivity index (χ0n) is 14.1. The number of carbonyl (C=O) groups is 1. The van der Waals surface area contributed by atoms with Crippen molar-refractivity contribution in [3.05, 3.63) is 77.4 Å². The van der Waals surface area contributed by atoms with E-state index in [1.54, 1.807) is 0 Å².